The number of benzene rings is 1. The molecule has 0 radical (unpaired) electrons. The molecule has 144 valence electrons. The minimum Gasteiger partial charge on any atom is -0.486 e. The Balaban J connectivity index is 2.18. The monoisotopic (exact) mass is 363 g/mol. The fourth-order valence-corrected chi connectivity index (χ4v) is 2.77. The molecule has 1 aromatic rings. The lowest BCUT2D eigenvalue weighted by molar-refractivity contribution is 0.0472. The van der Waals surface area contributed by atoms with Crippen molar-refractivity contribution in [2.45, 2.75) is 58.8 Å². The van der Waals surface area contributed by atoms with E-state index >= 15 is 0 Å². The number of amides is 2. The highest BCUT2D eigenvalue weighted by molar-refractivity contribution is 5.99. The Hall–Kier alpha value is -2.44. The summed E-state index contributed by atoms with van der Waals surface area (Å²) >= 11 is 0. The molecule has 7 nitrogen and oxygen atoms in total. The zero-order valence-electron chi connectivity index (χ0n) is 16.2. The molecular formula is C19H29N3O4. The summed E-state index contributed by atoms with van der Waals surface area (Å²) in [6.45, 7) is 10.2. The first-order chi connectivity index (χ1) is 12.1. The summed E-state index contributed by atoms with van der Waals surface area (Å²) < 4.78 is 11.3. The summed E-state index contributed by atoms with van der Waals surface area (Å²) in [5.74, 6) is 0.277. The number of hydrogen-bond donors (Lipinski definition) is 2. The molecule has 1 aliphatic rings. The van der Waals surface area contributed by atoms with Crippen LogP contribution in [0, 0.1) is 0 Å². The van der Waals surface area contributed by atoms with Gasteiger partial charge in [-0.05, 0) is 46.8 Å². The third-order valence-electron chi connectivity index (χ3n) is 4.01. The molecule has 1 unspecified atom stereocenters. The van der Waals surface area contributed by atoms with Gasteiger partial charge in [-0.1, -0.05) is 6.07 Å². The number of carbonyl (C=O) groups excluding carboxylic acids is 2. The first-order valence-electron chi connectivity index (χ1n) is 8.91. The van der Waals surface area contributed by atoms with Gasteiger partial charge >= 0.3 is 6.09 Å². The van der Waals surface area contributed by atoms with Crippen LogP contribution in [0.15, 0.2) is 18.2 Å². The fraction of sp³-hybridized carbons (Fsp3) is 0.579. The van der Waals surface area contributed by atoms with Gasteiger partial charge in [0.15, 0.2) is 5.75 Å². The number of carbonyl (C=O) groups is 2. The predicted molar refractivity (Wildman–Crippen MR) is 100 cm³/mol. The normalized spacial score (nSPS) is 17.8. The molecule has 1 atom stereocenters. The molecule has 1 heterocycles. The largest absolute Gasteiger partial charge is 0.486 e. The number of nitrogens with two attached hydrogens (primary N) is 1. The zero-order chi connectivity index (χ0) is 19.5. The molecule has 3 N–H and O–H groups in total. The summed E-state index contributed by atoms with van der Waals surface area (Å²) in [4.78, 5) is 26.5. The number of nitrogens with zero attached hydrogens (tertiary/aromatic N) is 1. The van der Waals surface area contributed by atoms with Crippen LogP contribution in [-0.2, 0) is 4.74 Å². The summed E-state index contributed by atoms with van der Waals surface area (Å²) in [5, 5.41) is 2.73. The van der Waals surface area contributed by atoms with Crippen LogP contribution in [0.5, 0.6) is 5.75 Å². The van der Waals surface area contributed by atoms with Crippen LogP contribution >= 0.6 is 0 Å². The smallest absolute Gasteiger partial charge is 0.407 e. The van der Waals surface area contributed by atoms with Crippen LogP contribution in [0.25, 0.3) is 0 Å². The first-order valence-corrected chi connectivity index (χ1v) is 8.91. The van der Waals surface area contributed by atoms with Gasteiger partial charge in [-0.25, -0.2) is 4.79 Å². The third-order valence-corrected chi connectivity index (χ3v) is 4.01. The maximum absolute atomic E-state index is 12.8. The second-order valence-electron chi connectivity index (χ2n) is 7.73. The molecule has 0 saturated carbocycles. The van der Waals surface area contributed by atoms with Crippen LogP contribution in [0.4, 0.5) is 10.5 Å². The average Bonchev–Trinajstić information content (AvgIpc) is 2.50. The van der Waals surface area contributed by atoms with Crippen LogP contribution in [0.2, 0.25) is 0 Å². The molecule has 7 heteroatoms. The van der Waals surface area contributed by atoms with Crippen molar-refractivity contribution in [1.82, 2.24) is 10.2 Å². The molecule has 0 spiro atoms. The number of ether oxygens (including phenoxy) is 2. The highest BCUT2D eigenvalue weighted by atomic mass is 16.6. The van der Waals surface area contributed by atoms with E-state index in [9.17, 15) is 9.59 Å². The SMILES string of the molecule is CC(C)N1CCC(CNC(=O)OC(C)(C)C)Oc2c(N)cccc2C1=O. The lowest BCUT2D eigenvalue weighted by atomic mass is 10.1. The van der Waals surface area contributed by atoms with Gasteiger partial charge in [-0.3, -0.25) is 4.79 Å². The molecule has 0 bridgehead atoms. The summed E-state index contributed by atoms with van der Waals surface area (Å²) in [7, 11) is 0. The van der Waals surface area contributed by atoms with Gasteiger partial charge < -0.3 is 25.4 Å². The molecule has 0 aromatic heterocycles. The lowest BCUT2D eigenvalue weighted by Crippen LogP contribution is -2.45. The van der Waals surface area contributed by atoms with Crippen molar-refractivity contribution in [3.63, 3.8) is 0 Å². The van der Waals surface area contributed by atoms with E-state index in [1.807, 2.05) is 34.6 Å². The Labute approximate surface area is 154 Å². The van der Waals surface area contributed by atoms with Crippen LogP contribution in [-0.4, -0.2) is 47.7 Å². The number of anilines is 1. The predicted octanol–water partition coefficient (Wildman–Crippen LogP) is 2.80. The Morgan fingerprint density at radius 1 is 1.42 bits per heavy atom. The molecular weight excluding hydrogens is 334 g/mol. The molecule has 1 aromatic carbocycles. The van der Waals surface area contributed by atoms with Crippen LogP contribution in [0.1, 0.15) is 51.4 Å². The van der Waals surface area contributed by atoms with Crippen LogP contribution in [0.3, 0.4) is 0 Å². The second-order valence-corrected chi connectivity index (χ2v) is 7.73. The fourth-order valence-electron chi connectivity index (χ4n) is 2.77. The summed E-state index contributed by atoms with van der Waals surface area (Å²) in [5.41, 5.74) is 6.32. The number of alkyl carbamates (subject to hydrolysis) is 1. The molecule has 26 heavy (non-hydrogen) atoms. The second kappa shape index (κ2) is 7.85. The Morgan fingerprint density at radius 2 is 2.12 bits per heavy atom. The quantitative estimate of drug-likeness (QED) is 0.806. The highest BCUT2D eigenvalue weighted by Crippen LogP contribution is 2.31. The zero-order valence-corrected chi connectivity index (χ0v) is 16.2. The molecule has 0 aliphatic carbocycles. The standard InChI is InChI=1S/C19H29N3O4/c1-12(2)22-10-9-13(11-21-18(24)26-19(3,4)5)25-16-14(17(22)23)7-6-8-15(16)20/h6-8,12-13H,9-11,20H2,1-5H3,(H,21,24). The molecule has 2 amide bonds. The minimum absolute atomic E-state index is 0.0503. The lowest BCUT2D eigenvalue weighted by Gasteiger charge is -2.33. The Kier molecular flexibility index (Phi) is 6.00. The van der Waals surface area contributed by atoms with Crippen molar-refractivity contribution < 1.29 is 19.1 Å². The minimum atomic E-state index is -0.566. The van der Waals surface area contributed by atoms with Crippen molar-refractivity contribution in [2.75, 3.05) is 18.8 Å². The van der Waals surface area contributed by atoms with Gasteiger partial charge in [-0.15, -0.1) is 0 Å². The van der Waals surface area contributed by atoms with Gasteiger partial charge in [0.1, 0.15) is 11.7 Å². The van der Waals surface area contributed by atoms with E-state index in [4.69, 9.17) is 15.2 Å². The van der Waals surface area contributed by atoms with E-state index < -0.39 is 11.7 Å². The third kappa shape index (κ3) is 5.03. The van der Waals surface area contributed by atoms with Gasteiger partial charge in [0.25, 0.3) is 5.91 Å². The number of nitrogens with one attached hydrogen (secondary N) is 1. The number of para-hydroxylation sites is 1. The van der Waals surface area contributed by atoms with E-state index in [1.165, 1.54) is 0 Å². The summed E-state index contributed by atoms with van der Waals surface area (Å²) in [6.07, 6.45) is -0.241. The first kappa shape index (κ1) is 19.9. The molecule has 0 fully saturated rings. The number of nitrogen functional groups attached to an aromatic ring is 1. The van der Waals surface area contributed by atoms with E-state index in [2.05, 4.69) is 5.32 Å². The molecule has 1 aliphatic heterocycles. The van der Waals surface area contributed by atoms with Gasteiger partial charge in [0.05, 0.1) is 17.8 Å². The number of fused-ring (bicyclic) bond motifs is 1. The molecule has 0 saturated heterocycles. The van der Waals surface area contributed by atoms with Gasteiger partial charge in [0.2, 0.25) is 0 Å². The average molecular weight is 363 g/mol. The van der Waals surface area contributed by atoms with Crippen molar-refractivity contribution in [3.05, 3.63) is 23.8 Å². The number of rotatable bonds is 3. The van der Waals surface area contributed by atoms with Crippen molar-refractivity contribution in [3.8, 4) is 5.75 Å². The van der Waals surface area contributed by atoms with E-state index in [0.717, 1.165) is 0 Å². The Bertz CT molecular complexity index is 667. The maximum Gasteiger partial charge on any atom is 0.407 e. The summed E-state index contributed by atoms with van der Waals surface area (Å²) in [6, 6.07) is 5.21. The molecule has 2 rings (SSSR count). The van der Waals surface area contributed by atoms with Gasteiger partial charge in [0, 0.05) is 19.0 Å². The van der Waals surface area contributed by atoms with Crippen molar-refractivity contribution in [1.29, 1.82) is 0 Å². The van der Waals surface area contributed by atoms with E-state index in [-0.39, 0.29) is 24.6 Å². The van der Waals surface area contributed by atoms with Crippen molar-refractivity contribution >= 4 is 17.7 Å². The number of hydrogen-bond acceptors (Lipinski definition) is 5. The topological polar surface area (TPSA) is 93.9 Å². The van der Waals surface area contributed by atoms with Gasteiger partial charge in [-0.2, -0.15) is 0 Å². The van der Waals surface area contributed by atoms with Crippen LogP contribution < -0.4 is 15.8 Å². The Morgan fingerprint density at radius 3 is 2.73 bits per heavy atom. The maximum atomic E-state index is 12.8. The van der Waals surface area contributed by atoms with E-state index in [0.29, 0.717) is 30.0 Å². The van der Waals surface area contributed by atoms with E-state index in [1.54, 1.807) is 23.1 Å². The highest BCUT2D eigenvalue weighted by Gasteiger charge is 2.29. The van der Waals surface area contributed by atoms with Crippen molar-refractivity contribution in [2.24, 2.45) is 0 Å².